The van der Waals surface area contributed by atoms with Crippen molar-refractivity contribution in [1.82, 2.24) is 0 Å². The lowest BCUT2D eigenvalue weighted by molar-refractivity contribution is 0.414. The molecule has 2 N–H and O–H groups in total. The van der Waals surface area contributed by atoms with Crippen LogP contribution in [0.25, 0.3) is 0 Å². The van der Waals surface area contributed by atoms with Crippen LogP contribution < -0.4 is 15.4 Å². The van der Waals surface area contributed by atoms with E-state index in [9.17, 15) is 0 Å². The third-order valence-corrected chi connectivity index (χ3v) is 4.15. The molecule has 3 heteroatoms. The molecule has 2 aromatic rings. The van der Waals surface area contributed by atoms with E-state index in [1.807, 2.05) is 19.1 Å². The van der Waals surface area contributed by atoms with E-state index in [0.717, 1.165) is 25.3 Å². The van der Waals surface area contributed by atoms with E-state index in [4.69, 9.17) is 10.5 Å². The van der Waals surface area contributed by atoms with E-state index in [0.29, 0.717) is 0 Å². The lowest BCUT2D eigenvalue weighted by Crippen LogP contribution is -2.19. The minimum Gasteiger partial charge on any atom is -0.497 e. The van der Waals surface area contributed by atoms with Gasteiger partial charge in [-0.2, -0.15) is 0 Å². The Labute approximate surface area is 126 Å². The summed E-state index contributed by atoms with van der Waals surface area (Å²) in [5, 5.41) is 0. The highest BCUT2D eigenvalue weighted by Gasteiger charge is 2.19. The van der Waals surface area contributed by atoms with Gasteiger partial charge in [0.05, 0.1) is 7.11 Å². The molecule has 1 atom stereocenters. The van der Waals surface area contributed by atoms with Gasteiger partial charge in [0, 0.05) is 24.8 Å². The van der Waals surface area contributed by atoms with Crippen molar-refractivity contribution in [2.75, 3.05) is 18.6 Å². The zero-order valence-corrected chi connectivity index (χ0v) is 12.7. The molecule has 1 heterocycles. The third-order valence-electron chi connectivity index (χ3n) is 4.15. The lowest BCUT2D eigenvalue weighted by Gasteiger charge is -2.20. The Kier molecular flexibility index (Phi) is 3.84. The Balaban J connectivity index is 1.77. The molecule has 0 fully saturated rings. The SMILES string of the molecule is COc1ccc(CN2CCc3cc(C(C)N)ccc32)cc1. The minimum atomic E-state index is 0.103. The van der Waals surface area contributed by atoms with Crippen molar-refractivity contribution in [2.45, 2.75) is 25.9 Å². The molecular weight excluding hydrogens is 260 g/mol. The van der Waals surface area contributed by atoms with Gasteiger partial charge in [0.15, 0.2) is 0 Å². The normalized spacial score (nSPS) is 14.9. The maximum atomic E-state index is 5.97. The fourth-order valence-electron chi connectivity index (χ4n) is 2.89. The minimum absolute atomic E-state index is 0.103. The van der Waals surface area contributed by atoms with E-state index in [-0.39, 0.29) is 6.04 Å². The van der Waals surface area contributed by atoms with E-state index in [1.165, 1.54) is 22.4 Å². The van der Waals surface area contributed by atoms with E-state index in [1.54, 1.807) is 7.11 Å². The van der Waals surface area contributed by atoms with Crippen LogP contribution >= 0.6 is 0 Å². The molecule has 0 bridgehead atoms. The van der Waals surface area contributed by atoms with Crippen molar-refractivity contribution in [2.24, 2.45) is 5.73 Å². The monoisotopic (exact) mass is 282 g/mol. The first-order chi connectivity index (χ1) is 10.2. The second-order valence-electron chi connectivity index (χ2n) is 5.70. The molecule has 0 radical (unpaired) electrons. The Bertz CT molecular complexity index is 620. The summed E-state index contributed by atoms with van der Waals surface area (Å²) in [6, 6.07) is 15.0. The maximum absolute atomic E-state index is 5.97. The number of hydrogen-bond acceptors (Lipinski definition) is 3. The molecule has 110 valence electrons. The van der Waals surface area contributed by atoms with Crippen molar-refractivity contribution in [3.63, 3.8) is 0 Å². The zero-order valence-electron chi connectivity index (χ0n) is 12.7. The molecule has 1 aliphatic rings. The highest BCUT2D eigenvalue weighted by Crippen LogP contribution is 2.31. The van der Waals surface area contributed by atoms with Gasteiger partial charge < -0.3 is 15.4 Å². The molecular formula is C18H22N2O. The van der Waals surface area contributed by atoms with E-state index in [2.05, 4.69) is 35.2 Å². The van der Waals surface area contributed by atoms with Crippen LogP contribution in [0, 0.1) is 0 Å². The lowest BCUT2D eigenvalue weighted by atomic mass is 10.0. The number of hydrogen-bond donors (Lipinski definition) is 1. The molecule has 1 unspecified atom stereocenters. The van der Waals surface area contributed by atoms with Crippen molar-refractivity contribution in [3.8, 4) is 5.75 Å². The Morgan fingerprint density at radius 3 is 2.62 bits per heavy atom. The fourth-order valence-corrected chi connectivity index (χ4v) is 2.89. The van der Waals surface area contributed by atoms with Crippen LogP contribution in [-0.4, -0.2) is 13.7 Å². The first-order valence-electron chi connectivity index (χ1n) is 7.43. The van der Waals surface area contributed by atoms with Crippen LogP contribution in [0.2, 0.25) is 0 Å². The van der Waals surface area contributed by atoms with Crippen LogP contribution in [0.5, 0.6) is 5.75 Å². The summed E-state index contributed by atoms with van der Waals surface area (Å²) < 4.78 is 5.21. The van der Waals surface area contributed by atoms with E-state index < -0.39 is 0 Å². The number of nitrogens with two attached hydrogens (primary N) is 1. The molecule has 0 aliphatic carbocycles. The van der Waals surface area contributed by atoms with Crippen molar-refractivity contribution in [1.29, 1.82) is 0 Å². The third kappa shape index (κ3) is 2.88. The number of benzene rings is 2. The van der Waals surface area contributed by atoms with Crippen molar-refractivity contribution < 1.29 is 4.74 Å². The van der Waals surface area contributed by atoms with Gasteiger partial charge in [0.25, 0.3) is 0 Å². The average molecular weight is 282 g/mol. The molecule has 0 spiro atoms. The second kappa shape index (κ2) is 5.78. The van der Waals surface area contributed by atoms with Gasteiger partial charge in [0.1, 0.15) is 5.75 Å². The summed E-state index contributed by atoms with van der Waals surface area (Å²) >= 11 is 0. The summed E-state index contributed by atoms with van der Waals surface area (Å²) in [6.07, 6.45) is 1.10. The largest absolute Gasteiger partial charge is 0.497 e. The van der Waals surface area contributed by atoms with Gasteiger partial charge in [-0.15, -0.1) is 0 Å². The van der Waals surface area contributed by atoms with Crippen LogP contribution in [-0.2, 0) is 13.0 Å². The van der Waals surface area contributed by atoms with Crippen molar-refractivity contribution >= 4 is 5.69 Å². The maximum Gasteiger partial charge on any atom is 0.118 e. The number of anilines is 1. The number of methoxy groups -OCH3 is 1. The van der Waals surface area contributed by atoms with Gasteiger partial charge in [0.2, 0.25) is 0 Å². The van der Waals surface area contributed by atoms with Gasteiger partial charge in [-0.25, -0.2) is 0 Å². The molecule has 0 aromatic heterocycles. The second-order valence-corrected chi connectivity index (χ2v) is 5.70. The highest BCUT2D eigenvalue weighted by molar-refractivity contribution is 5.59. The number of rotatable bonds is 4. The zero-order chi connectivity index (χ0) is 14.8. The predicted octanol–water partition coefficient (Wildman–Crippen LogP) is 3.28. The number of ether oxygens (including phenoxy) is 1. The quantitative estimate of drug-likeness (QED) is 0.935. The standard InChI is InChI=1S/C18H22N2O/c1-13(19)15-5-8-18-16(11-15)9-10-20(18)12-14-3-6-17(21-2)7-4-14/h3-8,11,13H,9-10,12,19H2,1-2H3. The van der Waals surface area contributed by atoms with Gasteiger partial charge in [-0.3, -0.25) is 0 Å². The Morgan fingerprint density at radius 1 is 1.19 bits per heavy atom. The van der Waals surface area contributed by atoms with Gasteiger partial charge in [-0.1, -0.05) is 24.3 Å². The summed E-state index contributed by atoms with van der Waals surface area (Å²) in [5.74, 6) is 0.905. The Hall–Kier alpha value is -2.00. The molecule has 0 saturated heterocycles. The summed E-state index contributed by atoms with van der Waals surface area (Å²) in [4.78, 5) is 2.43. The topological polar surface area (TPSA) is 38.5 Å². The van der Waals surface area contributed by atoms with Crippen LogP contribution in [0.15, 0.2) is 42.5 Å². The van der Waals surface area contributed by atoms with Crippen LogP contribution in [0.3, 0.4) is 0 Å². The van der Waals surface area contributed by atoms with Crippen LogP contribution in [0.4, 0.5) is 5.69 Å². The van der Waals surface area contributed by atoms with Crippen molar-refractivity contribution in [3.05, 3.63) is 59.2 Å². The van der Waals surface area contributed by atoms with E-state index >= 15 is 0 Å². The molecule has 3 nitrogen and oxygen atoms in total. The summed E-state index contributed by atoms with van der Waals surface area (Å²) in [6.45, 7) is 4.05. The predicted molar refractivity (Wildman–Crippen MR) is 86.8 cm³/mol. The highest BCUT2D eigenvalue weighted by atomic mass is 16.5. The smallest absolute Gasteiger partial charge is 0.118 e. The molecule has 0 saturated carbocycles. The average Bonchev–Trinajstić information content (AvgIpc) is 2.90. The summed E-state index contributed by atoms with van der Waals surface area (Å²) in [7, 11) is 1.70. The summed E-state index contributed by atoms with van der Waals surface area (Å²) in [5.41, 5.74) is 11.3. The van der Waals surface area contributed by atoms with Gasteiger partial charge >= 0.3 is 0 Å². The molecule has 1 aliphatic heterocycles. The first kappa shape index (κ1) is 14.0. The molecule has 2 aromatic carbocycles. The van der Waals surface area contributed by atoms with Gasteiger partial charge in [-0.05, 0) is 48.2 Å². The van der Waals surface area contributed by atoms with Crippen LogP contribution in [0.1, 0.15) is 29.7 Å². The number of fused-ring (bicyclic) bond motifs is 1. The molecule has 3 rings (SSSR count). The number of nitrogens with zero attached hydrogens (tertiary/aromatic N) is 1. The fraction of sp³-hybridized carbons (Fsp3) is 0.333. The first-order valence-corrected chi connectivity index (χ1v) is 7.43. The molecule has 0 amide bonds. The molecule has 21 heavy (non-hydrogen) atoms. The Morgan fingerprint density at radius 2 is 1.95 bits per heavy atom.